The highest BCUT2D eigenvalue weighted by molar-refractivity contribution is 4.88. The van der Waals surface area contributed by atoms with Crippen LogP contribution in [0.3, 0.4) is 0 Å². The summed E-state index contributed by atoms with van der Waals surface area (Å²) in [6.07, 6.45) is 13.6. The van der Waals surface area contributed by atoms with E-state index in [0.29, 0.717) is 0 Å². The number of hydrogen-bond acceptors (Lipinski definition) is 1. The molecule has 0 radical (unpaired) electrons. The second-order valence-electron chi connectivity index (χ2n) is 6.03. The van der Waals surface area contributed by atoms with Gasteiger partial charge in [-0.3, -0.25) is 0 Å². The van der Waals surface area contributed by atoms with Gasteiger partial charge in [0, 0.05) is 12.6 Å². The van der Waals surface area contributed by atoms with Gasteiger partial charge in [0.1, 0.15) is 0 Å². The van der Waals surface area contributed by atoms with Gasteiger partial charge in [-0.05, 0) is 37.6 Å². The highest BCUT2D eigenvalue weighted by atomic mass is 15.2. The lowest BCUT2D eigenvalue weighted by Crippen LogP contribution is -2.31. The molecule has 86 valence electrons. The zero-order chi connectivity index (χ0) is 10.1. The minimum atomic E-state index is 0.983. The van der Waals surface area contributed by atoms with Gasteiger partial charge in [-0.25, -0.2) is 0 Å². The van der Waals surface area contributed by atoms with Gasteiger partial charge in [0.15, 0.2) is 0 Å². The molecule has 0 N–H and O–H groups in total. The van der Waals surface area contributed by atoms with Crippen LogP contribution in [0.2, 0.25) is 0 Å². The van der Waals surface area contributed by atoms with E-state index in [1.165, 1.54) is 58.0 Å². The Labute approximate surface area is 94.2 Å². The van der Waals surface area contributed by atoms with E-state index in [1.807, 2.05) is 0 Å². The fourth-order valence-electron chi connectivity index (χ4n) is 4.23. The van der Waals surface area contributed by atoms with Crippen LogP contribution in [-0.2, 0) is 0 Å². The predicted octanol–water partition coefficient (Wildman–Crippen LogP) is 3.44. The summed E-state index contributed by atoms with van der Waals surface area (Å²) in [5.41, 5.74) is 0. The van der Waals surface area contributed by atoms with Crippen LogP contribution >= 0.6 is 0 Å². The van der Waals surface area contributed by atoms with Gasteiger partial charge >= 0.3 is 0 Å². The van der Waals surface area contributed by atoms with Crippen LogP contribution in [0.25, 0.3) is 0 Å². The van der Waals surface area contributed by atoms with Crippen molar-refractivity contribution >= 4 is 0 Å². The Kier molecular flexibility index (Phi) is 3.01. The second-order valence-corrected chi connectivity index (χ2v) is 6.03. The van der Waals surface area contributed by atoms with Crippen molar-refractivity contribution in [3.63, 3.8) is 0 Å². The highest BCUT2D eigenvalue weighted by Gasteiger charge is 2.34. The Hall–Kier alpha value is -0.0400. The summed E-state index contributed by atoms with van der Waals surface area (Å²) in [6.45, 7) is 2.88. The molecule has 0 bridgehead atoms. The summed E-state index contributed by atoms with van der Waals surface area (Å²) >= 11 is 0. The average molecular weight is 207 g/mol. The van der Waals surface area contributed by atoms with Crippen LogP contribution in [0.4, 0.5) is 0 Å². The molecule has 15 heavy (non-hydrogen) atoms. The van der Waals surface area contributed by atoms with Crippen LogP contribution in [0.5, 0.6) is 0 Å². The third kappa shape index (κ3) is 2.08. The van der Waals surface area contributed by atoms with E-state index < -0.39 is 0 Å². The number of hydrogen-bond donors (Lipinski definition) is 0. The summed E-state index contributed by atoms with van der Waals surface area (Å²) in [7, 11) is 0. The van der Waals surface area contributed by atoms with Gasteiger partial charge in [-0.15, -0.1) is 0 Å². The Bertz CT molecular complexity index is 179. The second kappa shape index (κ2) is 4.45. The molecule has 2 saturated carbocycles. The molecule has 1 heteroatoms. The van der Waals surface area contributed by atoms with Crippen molar-refractivity contribution in [1.29, 1.82) is 0 Å². The standard InChI is InChI=1S/C14H25N/c1-2-6-12(5-1)13-9-10-15(11-13)14-7-3-4-8-14/h12-14H,1-11H2. The molecular weight excluding hydrogens is 182 g/mol. The lowest BCUT2D eigenvalue weighted by molar-refractivity contribution is 0.223. The molecule has 0 aromatic carbocycles. The largest absolute Gasteiger partial charge is 0.300 e. The van der Waals surface area contributed by atoms with Crippen LogP contribution in [0.15, 0.2) is 0 Å². The lowest BCUT2D eigenvalue weighted by atomic mass is 9.90. The Morgan fingerprint density at radius 1 is 0.667 bits per heavy atom. The summed E-state index contributed by atoms with van der Waals surface area (Å²) in [5, 5.41) is 0. The quantitative estimate of drug-likeness (QED) is 0.670. The monoisotopic (exact) mass is 207 g/mol. The molecule has 0 aromatic rings. The summed E-state index contributed by atoms with van der Waals surface area (Å²) in [5.74, 6) is 2.18. The first-order valence-electron chi connectivity index (χ1n) is 7.17. The fraction of sp³-hybridized carbons (Fsp3) is 1.00. The molecule has 3 aliphatic rings. The Morgan fingerprint density at radius 2 is 1.33 bits per heavy atom. The molecule has 0 amide bonds. The molecule has 2 aliphatic carbocycles. The normalized spacial score (nSPS) is 35.6. The SMILES string of the molecule is C1CCC(C2CCN(C3CCCC3)C2)C1. The highest BCUT2D eigenvalue weighted by Crippen LogP contribution is 2.38. The van der Waals surface area contributed by atoms with Crippen molar-refractivity contribution in [2.24, 2.45) is 11.8 Å². The molecule has 1 aliphatic heterocycles. The van der Waals surface area contributed by atoms with E-state index in [0.717, 1.165) is 17.9 Å². The van der Waals surface area contributed by atoms with E-state index in [-0.39, 0.29) is 0 Å². The van der Waals surface area contributed by atoms with E-state index in [2.05, 4.69) is 4.90 Å². The van der Waals surface area contributed by atoms with E-state index in [1.54, 1.807) is 12.8 Å². The van der Waals surface area contributed by atoms with E-state index >= 15 is 0 Å². The Balaban J connectivity index is 1.53. The molecule has 0 aromatic heterocycles. The topological polar surface area (TPSA) is 3.24 Å². The maximum Gasteiger partial charge on any atom is 0.00953 e. The molecule has 3 fully saturated rings. The zero-order valence-electron chi connectivity index (χ0n) is 9.96. The van der Waals surface area contributed by atoms with Gasteiger partial charge in [0.25, 0.3) is 0 Å². The van der Waals surface area contributed by atoms with Gasteiger partial charge in [0.05, 0.1) is 0 Å². The van der Waals surface area contributed by atoms with Crippen LogP contribution in [0, 0.1) is 11.8 Å². The van der Waals surface area contributed by atoms with Gasteiger partial charge in [0.2, 0.25) is 0 Å². The van der Waals surface area contributed by atoms with Crippen molar-refractivity contribution in [2.45, 2.75) is 63.8 Å². The van der Waals surface area contributed by atoms with Gasteiger partial charge in [-0.2, -0.15) is 0 Å². The molecule has 3 rings (SSSR count). The van der Waals surface area contributed by atoms with Crippen molar-refractivity contribution in [2.75, 3.05) is 13.1 Å². The van der Waals surface area contributed by atoms with Gasteiger partial charge in [-0.1, -0.05) is 38.5 Å². The first-order valence-corrected chi connectivity index (χ1v) is 7.17. The van der Waals surface area contributed by atoms with Crippen molar-refractivity contribution in [3.05, 3.63) is 0 Å². The van der Waals surface area contributed by atoms with Crippen LogP contribution in [0.1, 0.15) is 57.8 Å². The molecule has 1 heterocycles. The summed E-state index contributed by atoms with van der Waals surface area (Å²) < 4.78 is 0. The molecule has 1 nitrogen and oxygen atoms in total. The third-order valence-corrected chi connectivity index (χ3v) is 5.16. The lowest BCUT2D eigenvalue weighted by Gasteiger charge is -2.24. The minimum absolute atomic E-state index is 0.983. The molecule has 1 saturated heterocycles. The smallest absolute Gasteiger partial charge is 0.00953 e. The van der Waals surface area contributed by atoms with Gasteiger partial charge < -0.3 is 4.90 Å². The van der Waals surface area contributed by atoms with E-state index in [9.17, 15) is 0 Å². The maximum atomic E-state index is 2.83. The summed E-state index contributed by atoms with van der Waals surface area (Å²) in [6, 6.07) is 0.983. The number of rotatable bonds is 2. The zero-order valence-corrected chi connectivity index (χ0v) is 9.96. The van der Waals surface area contributed by atoms with Crippen LogP contribution in [-0.4, -0.2) is 24.0 Å². The summed E-state index contributed by atoms with van der Waals surface area (Å²) in [4.78, 5) is 2.83. The first kappa shape index (κ1) is 10.1. The molecular formula is C14H25N. The third-order valence-electron chi connectivity index (χ3n) is 5.16. The number of likely N-dealkylation sites (tertiary alicyclic amines) is 1. The Morgan fingerprint density at radius 3 is 2.07 bits per heavy atom. The molecule has 1 atom stereocenters. The minimum Gasteiger partial charge on any atom is -0.300 e. The molecule has 0 spiro atoms. The van der Waals surface area contributed by atoms with E-state index in [4.69, 9.17) is 0 Å². The average Bonchev–Trinajstić information content (AvgIpc) is 3.02. The first-order chi connectivity index (χ1) is 7.43. The number of nitrogens with zero attached hydrogens (tertiary/aromatic N) is 1. The van der Waals surface area contributed by atoms with Crippen molar-refractivity contribution in [3.8, 4) is 0 Å². The van der Waals surface area contributed by atoms with Crippen molar-refractivity contribution in [1.82, 2.24) is 4.90 Å². The fourth-order valence-corrected chi connectivity index (χ4v) is 4.23. The van der Waals surface area contributed by atoms with Crippen LogP contribution < -0.4 is 0 Å². The molecule has 1 unspecified atom stereocenters. The van der Waals surface area contributed by atoms with Crippen molar-refractivity contribution < 1.29 is 0 Å². The predicted molar refractivity (Wildman–Crippen MR) is 63.9 cm³/mol. The maximum absolute atomic E-state index is 2.83.